The lowest BCUT2D eigenvalue weighted by molar-refractivity contribution is -0.126. The van der Waals surface area contributed by atoms with E-state index in [1.165, 1.54) is 28.6 Å². The number of amides is 1. The number of aromatic nitrogens is 6. The summed E-state index contributed by atoms with van der Waals surface area (Å²) in [7, 11) is 0. The molecule has 1 fully saturated rings. The van der Waals surface area contributed by atoms with Gasteiger partial charge >= 0.3 is 0 Å². The number of Topliss-reactive ketones (excluding diaryl/α,β-unsaturated/α-hetero) is 1. The Morgan fingerprint density at radius 1 is 1.22 bits per heavy atom. The zero-order chi connectivity index (χ0) is 25.1. The molecule has 184 valence electrons. The molecular weight excluding hydrogens is 489 g/mol. The van der Waals surface area contributed by atoms with Gasteiger partial charge in [0.1, 0.15) is 5.01 Å². The first-order valence-electron chi connectivity index (χ1n) is 10.9. The van der Waals surface area contributed by atoms with Crippen LogP contribution in [0.25, 0.3) is 21.6 Å². The third kappa shape index (κ3) is 4.31. The molecule has 13 nitrogen and oxygen atoms in total. The van der Waals surface area contributed by atoms with Gasteiger partial charge in [0.15, 0.2) is 23.1 Å². The van der Waals surface area contributed by atoms with Crippen LogP contribution in [0.15, 0.2) is 46.6 Å². The Labute approximate surface area is 207 Å². The third-order valence-corrected chi connectivity index (χ3v) is 6.34. The summed E-state index contributed by atoms with van der Waals surface area (Å²) in [5.41, 5.74) is 3.36. The summed E-state index contributed by atoms with van der Waals surface area (Å²) in [6.07, 6.45) is 7.09. The van der Waals surface area contributed by atoms with E-state index in [2.05, 4.69) is 46.1 Å². The van der Waals surface area contributed by atoms with E-state index >= 15 is 0 Å². The Bertz CT molecular complexity index is 1450. The number of thiazole rings is 1. The van der Waals surface area contributed by atoms with Crippen molar-refractivity contribution in [3.05, 3.63) is 47.6 Å². The number of pyridine rings is 1. The highest BCUT2D eigenvalue weighted by Crippen LogP contribution is 2.29. The second kappa shape index (κ2) is 9.99. The first-order valence-corrected chi connectivity index (χ1v) is 11.8. The maximum atomic E-state index is 14.7. The van der Waals surface area contributed by atoms with Gasteiger partial charge in [-0.25, -0.2) is 19.8 Å². The fraction of sp³-hybridized carbons (Fsp3) is 0.238. The molecule has 4 aromatic heterocycles. The molecular formula is C21H20FN11O2S. The number of rotatable bonds is 7. The summed E-state index contributed by atoms with van der Waals surface area (Å²) in [6.45, 7) is 3.25. The van der Waals surface area contributed by atoms with Crippen LogP contribution in [0, 0.1) is 5.82 Å². The van der Waals surface area contributed by atoms with E-state index in [1.807, 2.05) is 10.3 Å². The van der Waals surface area contributed by atoms with E-state index in [0.717, 1.165) is 11.2 Å². The van der Waals surface area contributed by atoms with Crippen molar-refractivity contribution in [1.82, 2.24) is 35.3 Å². The van der Waals surface area contributed by atoms with Gasteiger partial charge in [-0.15, -0.1) is 21.5 Å². The van der Waals surface area contributed by atoms with Crippen LogP contribution in [0.1, 0.15) is 17.3 Å². The smallest absolute Gasteiger partial charge is 0.295 e. The van der Waals surface area contributed by atoms with Crippen LogP contribution in [-0.2, 0) is 4.79 Å². The lowest BCUT2D eigenvalue weighted by atomic mass is 10.1. The zero-order valence-electron chi connectivity index (χ0n) is 19.0. The summed E-state index contributed by atoms with van der Waals surface area (Å²) in [6, 6.07) is 0. The standard InChI is InChI=1S/C21H20FN11O2S/c1-2-3-26-30-28-18-15-14(13(22)11-25-18)12(10-24-15)17(34)21(35)33-7-5-32(6-8-33)19-16(27-31-29-19)20-23-4-9-36-20/h2-4,9-11,24H,5-8H2,1H3,(H,25,26,28)(H,27,29,31)/b3-2-. The molecule has 36 heavy (non-hydrogen) atoms. The molecule has 0 saturated carbocycles. The van der Waals surface area contributed by atoms with Crippen molar-refractivity contribution >= 4 is 45.6 Å². The van der Waals surface area contributed by atoms with Crippen molar-refractivity contribution in [3.8, 4) is 10.7 Å². The van der Waals surface area contributed by atoms with E-state index in [0.29, 0.717) is 37.7 Å². The van der Waals surface area contributed by atoms with Gasteiger partial charge in [0.25, 0.3) is 11.7 Å². The van der Waals surface area contributed by atoms with E-state index in [1.54, 1.807) is 19.2 Å². The van der Waals surface area contributed by atoms with Gasteiger partial charge in [0.2, 0.25) is 0 Å². The number of hydrogen-bond donors (Lipinski definition) is 3. The molecule has 5 heterocycles. The molecule has 0 unspecified atom stereocenters. The monoisotopic (exact) mass is 509 g/mol. The third-order valence-electron chi connectivity index (χ3n) is 5.56. The van der Waals surface area contributed by atoms with Crippen molar-refractivity contribution in [2.24, 2.45) is 10.3 Å². The molecule has 1 saturated heterocycles. The first kappa shape index (κ1) is 23.2. The Hall–Kier alpha value is -4.53. The Morgan fingerprint density at radius 2 is 2.06 bits per heavy atom. The number of carbonyl (C=O) groups excluding carboxylic acids is 2. The summed E-state index contributed by atoms with van der Waals surface area (Å²) >= 11 is 1.45. The molecule has 1 amide bonds. The van der Waals surface area contributed by atoms with Crippen LogP contribution >= 0.6 is 11.3 Å². The maximum Gasteiger partial charge on any atom is 0.295 e. The number of hydrogen-bond acceptors (Lipinski definition) is 10. The van der Waals surface area contributed by atoms with Crippen LogP contribution < -0.4 is 10.3 Å². The predicted octanol–water partition coefficient (Wildman–Crippen LogP) is 2.79. The number of aromatic amines is 2. The highest BCUT2D eigenvalue weighted by atomic mass is 32.1. The van der Waals surface area contributed by atoms with Gasteiger partial charge in [0.05, 0.1) is 22.7 Å². The highest BCUT2D eigenvalue weighted by Gasteiger charge is 2.31. The van der Waals surface area contributed by atoms with Crippen LogP contribution in [0.2, 0.25) is 0 Å². The minimum absolute atomic E-state index is 0.0404. The van der Waals surface area contributed by atoms with Crippen molar-refractivity contribution in [2.75, 3.05) is 36.5 Å². The number of piperazine rings is 1. The van der Waals surface area contributed by atoms with Gasteiger partial charge in [-0.3, -0.25) is 9.59 Å². The fourth-order valence-electron chi connectivity index (χ4n) is 3.86. The quantitative estimate of drug-likeness (QED) is 0.148. The van der Waals surface area contributed by atoms with Crippen molar-refractivity contribution in [3.63, 3.8) is 0 Å². The maximum absolute atomic E-state index is 14.7. The Balaban J connectivity index is 1.30. The number of nitrogens with one attached hydrogen (secondary N) is 3. The molecule has 0 radical (unpaired) electrons. The molecule has 0 aliphatic carbocycles. The van der Waals surface area contributed by atoms with Crippen molar-refractivity contribution in [1.29, 1.82) is 0 Å². The molecule has 0 atom stereocenters. The SMILES string of the molecule is C/C=C\N=NNc1ncc(F)c2c(C(=O)C(=O)N3CCN(c4n[nH]nc4-c4nccs4)CC3)c[nH]c12. The second-order valence-corrected chi connectivity index (χ2v) is 8.55. The molecule has 1 aliphatic heterocycles. The van der Waals surface area contributed by atoms with E-state index in [-0.39, 0.29) is 22.3 Å². The minimum atomic E-state index is -0.814. The number of anilines is 2. The number of fused-ring (bicyclic) bond motifs is 1. The average Bonchev–Trinajstić information content (AvgIpc) is 3.67. The van der Waals surface area contributed by atoms with Gasteiger partial charge in [-0.2, -0.15) is 10.3 Å². The predicted molar refractivity (Wildman–Crippen MR) is 130 cm³/mol. The molecule has 0 spiro atoms. The molecule has 3 N–H and O–H groups in total. The number of nitrogens with zero attached hydrogens (tertiary/aromatic N) is 8. The minimum Gasteiger partial charge on any atom is -0.357 e. The molecule has 1 aliphatic rings. The first-order chi connectivity index (χ1) is 17.6. The Morgan fingerprint density at radius 3 is 2.81 bits per heavy atom. The van der Waals surface area contributed by atoms with Crippen LogP contribution in [0.5, 0.6) is 0 Å². The number of ketones is 1. The van der Waals surface area contributed by atoms with Crippen LogP contribution in [0.3, 0.4) is 0 Å². The van der Waals surface area contributed by atoms with E-state index < -0.39 is 17.5 Å². The largest absolute Gasteiger partial charge is 0.357 e. The highest BCUT2D eigenvalue weighted by molar-refractivity contribution is 7.13. The topological polar surface area (TPSA) is 161 Å². The summed E-state index contributed by atoms with van der Waals surface area (Å²) in [5, 5.41) is 21.1. The average molecular weight is 510 g/mol. The van der Waals surface area contributed by atoms with Gasteiger partial charge in [-0.05, 0) is 6.92 Å². The number of H-pyrrole nitrogens is 2. The normalized spacial score (nSPS) is 14.4. The molecule has 4 aromatic rings. The van der Waals surface area contributed by atoms with Gasteiger partial charge < -0.3 is 14.8 Å². The van der Waals surface area contributed by atoms with Crippen LogP contribution in [-0.4, -0.2) is 73.1 Å². The number of halogens is 1. The lowest BCUT2D eigenvalue weighted by Crippen LogP contribution is -2.50. The molecule has 0 aromatic carbocycles. The van der Waals surface area contributed by atoms with Crippen molar-refractivity contribution in [2.45, 2.75) is 6.92 Å². The summed E-state index contributed by atoms with van der Waals surface area (Å²) in [5.74, 6) is -1.45. The van der Waals surface area contributed by atoms with Crippen LogP contribution in [0.4, 0.5) is 16.0 Å². The van der Waals surface area contributed by atoms with Gasteiger partial charge in [0, 0.05) is 50.2 Å². The fourth-order valence-corrected chi connectivity index (χ4v) is 4.48. The summed E-state index contributed by atoms with van der Waals surface area (Å²) < 4.78 is 14.7. The second-order valence-electron chi connectivity index (χ2n) is 7.66. The molecule has 15 heteroatoms. The zero-order valence-corrected chi connectivity index (χ0v) is 19.8. The molecule has 0 bridgehead atoms. The van der Waals surface area contributed by atoms with Crippen molar-refractivity contribution < 1.29 is 14.0 Å². The Kier molecular flexibility index (Phi) is 6.44. The molecule has 5 rings (SSSR count). The lowest BCUT2D eigenvalue weighted by Gasteiger charge is -2.34. The van der Waals surface area contributed by atoms with E-state index in [9.17, 15) is 14.0 Å². The number of carbonyl (C=O) groups is 2. The van der Waals surface area contributed by atoms with Gasteiger partial charge in [-0.1, -0.05) is 11.3 Å². The number of allylic oxidation sites excluding steroid dienone is 1. The van der Waals surface area contributed by atoms with E-state index in [4.69, 9.17) is 0 Å². The summed E-state index contributed by atoms with van der Waals surface area (Å²) in [4.78, 5) is 40.6.